The summed E-state index contributed by atoms with van der Waals surface area (Å²) in [6.07, 6.45) is 0. The van der Waals surface area contributed by atoms with Gasteiger partial charge in [0.15, 0.2) is 5.96 Å². The Balaban J connectivity index is 2.03. The summed E-state index contributed by atoms with van der Waals surface area (Å²) in [5, 5.41) is 0. The summed E-state index contributed by atoms with van der Waals surface area (Å²) in [5.74, 6) is 0.153. The van der Waals surface area contributed by atoms with Crippen LogP contribution in [0.4, 0.5) is 10.1 Å². The second-order valence-corrected chi connectivity index (χ2v) is 6.42. The monoisotopic (exact) mass is 411 g/mol. The van der Waals surface area contributed by atoms with Crippen molar-refractivity contribution in [2.24, 2.45) is 10.7 Å². The van der Waals surface area contributed by atoms with Gasteiger partial charge in [-0.15, -0.1) is 0 Å². The minimum atomic E-state index is -0.287. The molecule has 2 N–H and O–H groups in total. The molecule has 0 aliphatic carbocycles. The molecule has 3 rings (SSSR count). The van der Waals surface area contributed by atoms with E-state index in [1.165, 1.54) is 6.07 Å². The number of nitrogens with zero attached hydrogens (tertiary/aromatic N) is 2. The summed E-state index contributed by atoms with van der Waals surface area (Å²) in [6.45, 7) is 0.508. The molecule has 0 saturated carbocycles. The van der Waals surface area contributed by atoms with Crippen molar-refractivity contribution in [1.82, 2.24) is 0 Å². The molecule has 6 heteroatoms. The lowest BCUT2D eigenvalue weighted by Crippen LogP contribution is -2.36. The molecule has 1 unspecified atom stereocenters. The topological polar surface area (TPSA) is 41.6 Å². The van der Waals surface area contributed by atoms with Gasteiger partial charge < -0.3 is 10.6 Å². The average Bonchev–Trinajstić information content (AvgIpc) is 2.84. The zero-order valence-electron chi connectivity index (χ0n) is 10.9. The highest BCUT2D eigenvalue weighted by Crippen LogP contribution is 2.36. The summed E-state index contributed by atoms with van der Waals surface area (Å²) >= 11 is 6.70. The average molecular weight is 413 g/mol. The number of benzene rings is 2. The van der Waals surface area contributed by atoms with Crippen molar-refractivity contribution in [3.05, 3.63) is 62.8 Å². The number of guanidine groups is 1. The molecule has 0 aromatic heterocycles. The number of rotatable bonds is 2. The molecule has 1 aliphatic heterocycles. The first-order chi connectivity index (χ1) is 10.1. The molecular formula is C15H12Br2FN3. The van der Waals surface area contributed by atoms with E-state index in [9.17, 15) is 4.39 Å². The third kappa shape index (κ3) is 2.70. The van der Waals surface area contributed by atoms with Crippen molar-refractivity contribution in [1.29, 1.82) is 0 Å². The van der Waals surface area contributed by atoms with E-state index in [1.807, 2.05) is 35.2 Å². The third-order valence-electron chi connectivity index (χ3n) is 3.43. The molecule has 0 bridgehead atoms. The molecule has 108 valence electrons. The predicted octanol–water partition coefficient (Wildman–Crippen LogP) is 4.23. The molecular weight excluding hydrogens is 401 g/mol. The van der Waals surface area contributed by atoms with Crippen molar-refractivity contribution in [3.63, 3.8) is 0 Å². The van der Waals surface area contributed by atoms with E-state index < -0.39 is 0 Å². The number of hydrogen-bond acceptors (Lipinski definition) is 3. The van der Waals surface area contributed by atoms with Crippen LogP contribution in [0.5, 0.6) is 0 Å². The van der Waals surface area contributed by atoms with Crippen LogP contribution in [0.2, 0.25) is 0 Å². The summed E-state index contributed by atoms with van der Waals surface area (Å²) in [5.41, 5.74) is 7.79. The zero-order chi connectivity index (χ0) is 15.0. The highest BCUT2D eigenvalue weighted by atomic mass is 79.9. The second-order valence-electron chi connectivity index (χ2n) is 4.71. The molecule has 0 spiro atoms. The number of para-hydroxylation sites is 1. The fourth-order valence-corrected chi connectivity index (χ4v) is 3.13. The Kier molecular flexibility index (Phi) is 3.99. The van der Waals surface area contributed by atoms with E-state index in [-0.39, 0.29) is 11.9 Å². The largest absolute Gasteiger partial charge is 0.369 e. The number of nitrogens with two attached hydrogens (primary N) is 1. The maximum absolute atomic E-state index is 13.8. The van der Waals surface area contributed by atoms with Crippen LogP contribution >= 0.6 is 31.9 Å². The van der Waals surface area contributed by atoms with Crippen LogP contribution in [-0.4, -0.2) is 12.5 Å². The van der Waals surface area contributed by atoms with Crippen LogP contribution in [-0.2, 0) is 0 Å². The summed E-state index contributed by atoms with van der Waals surface area (Å²) < 4.78 is 15.2. The Labute approximate surface area is 138 Å². The van der Waals surface area contributed by atoms with Gasteiger partial charge in [0.05, 0.1) is 22.7 Å². The number of hydrogen-bond donors (Lipinski definition) is 1. The van der Waals surface area contributed by atoms with E-state index >= 15 is 0 Å². The summed E-state index contributed by atoms with van der Waals surface area (Å²) in [7, 11) is 0. The van der Waals surface area contributed by atoms with Crippen molar-refractivity contribution < 1.29 is 4.39 Å². The summed E-state index contributed by atoms with van der Waals surface area (Å²) in [6, 6.07) is 12.8. The zero-order valence-corrected chi connectivity index (χ0v) is 14.1. The molecule has 0 fully saturated rings. The Morgan fingerprint density at radius 1 is 1.14 bits per heavy atom. The van der Waals surface area contributed by atoms with E-state index in [2.05, 4.69) is 36.9 Å². The van der Waals surface area contributed by atoms with E-state index in [1.54, 1.807) is 6.07 Å². The van der Waals surface area contributed by atoms with Gasteiger partial charge in [-0.25, -0.2) is 4.39 Å². The molecule has 1 atom stereocenters. The van der Waals surface area contributed by atoms with E-state index in [0.29, 0.717) is 17.0 Å². The minimum absolute atomic E-state index is 0.105. The Bertz CT molecular complexity index is 718. The van der Waals surface area contributed by atoms with E-state index in [0.717, 1.165) is 15.7 Å². The SMILES string of the molecule is NC1=NCC(c2ccc(Br)c(F)c2)N1c1ccccc1Br. The first kappa shape index (κ1) is 14.5. The molecule has 0 radical (unpaired) electrons. The normalized spacial score (nSPS) is 18.0. The van der Waals surface area contributed by atoms with Crippen LogP contribution in [0.1, 0.15) is 11.6 Å². The fraction of sp³-hybridized carbons (Fsp3) is 0.133. The van der Waals surface area contributed by atoms with Gasteiger partial charge in [-0.3, -0.25) is 4.99 Å². The maximum atomic E-state index is 13.8. The van der Waals surface area contributed by atoms with E-state index in [4.69, 9.17) is 5.73 Å². The third-order valence-corrected chi connectivity index (χ3v) is 4.74. The van der Waals surface area contributed by atoms with Gasteiger partial charge in [0.2, 0.25) is 0 Å². The summed E-state index contributed by atoms with van der Waals surface area (Å²) in [4.78, 5) is 6.23. The van der Waals surface area contributed by atoms with Crippen molar-refractivity contribution in [3.8, 4) is 0 Å². The van der Waals surface area contributed by atoms with Crippen LogP contribution in [0.25, 0.3) is 0 Å². The van der Waals surface area contributed by atoms with Crippen molar-refractivity contribution in [2.75, 3.05) is 11.4 Å². The van der Waals surface area contributed by atoms with Gasteiger partial charge in [-0.1, -0.05) is 18.2 Å². The first-order valence-corrected chi connectivity index (χ1v) is 7.95. The fourth-order valence-electron chi connectivity index (χ4n) is 2.41. The van der Waals surface area contributed by atoms with Gasteiger partial charge in [-0.05, 0) is 61.7 Å². The highest BCUT2D eigenvalue weighted by Gasteiger charge is 2.30. The predicted molar refractivity (Wildman–Crippen MR) is 90.0 cm³/mol. The van der Waals surface area contributed by atoms with Crippen LogP contribution in [0, 0.1) is 5.82 Å². The second kappa shape index (κ2) is 5.77. The van der Waals surface area contributed by atoms with Gasteiger partial charge in [0.1, 0.15) is 5.82 Å². The van der Waals surface area contributed by atoms with Crippen LogP contribution in [0.3, 0.4) is 0 Å². The Morgan fingerprint density at radius 3 is 2.62 bits per heavy atom. The van der Waals surface area contributed by atoms with Crippen molar-refractivity contribution >= 4 is 43.5 Å². The van der Waals surface area contributed by atoms with Gasteiger partial charge in [-0.2, -0.15) is 0 Å². The van der Waals surface area contributed by atoms with Crippen molar-refractivity contribution in [2.45, 2.75) is 6.04 Å². The molecule has 21 heavy (non-hydrogen) atoms. The quantitative estimate of drug-likeness (QED) is 0.801. The molecule has 3 nitrogen and oxygen atoms in total. The minimum Gasteiger partial charge on any atom is -0.369 e. The lowest BCUT2D eigenvalue weighted by atomic mass is 10.1. The molecule has 1 heterocycles. The standard InChI is InChI=1S/C15H12Br2FN3/c16-10-6-5-9(7-12(10)18)14-8-20-15(19)21(14)13-4-2-1-3-11(13)17/h1-7,14H,8H2,(H2,19,20). The highest BCUT2D eigenvalue weighted by molar-refractivity contribution is 9.10. The van der Waals surface area contributed by atoms with Gasteiger partial charge in [0, 0.05) is 4.47 Å². The molecule has 1 aliphatic rings. The van der Waals surface area contributed by atoms with Gasteiger partial charge >= 0.3 is 0 Å². The number of anilines is 1. The Hall–Kier alpha value is -1.40. The number of halogens is 3. The molecule has 2 aromatic carbocycles. The van der Waals surface area contributed by atoms with Gasteiger partial charge in [0.25, 0.3) is 0 Å². The Morgan fingerprint density at radius 2 is 1.90 bits per heavy atom. The lowest BCUT2D eigenvalue weighted by molar-refractivity contribution is 0.615. The number of aliphatic imine (C=N–C) groups is 1. The lowest BCUT2D eigenvalue weighted by Gasteiger charge is -2.27. The maximum Gasteiger partial charge on any atom is 0.196 e. The van der Waals surface area contributed by atoms with Crippen LogP contribution < -0.4 is 10.6 Å². The van der Waals surface area contributed by atoms with Crippen LogP contribution in [0.15, 0.2) is 56.4 Å². The molecule has 0 saturated heterocycles. The molecule has 0 amide bonds. The molecule has 2 aromatic rings. The first-order valence-electron chi connectivity index (χ1n) is 6.36. The smallest absolute Gasteiger partial charge is 0.196 e.